The third-order valence-electron chi connectivity index (χ3n) is 2.08. The number of rotatable bonds is 4. The summed E-state index contributed by atoms with van der Waals surface area (Å²) in [5.41, 5.74) is 1.17. The van der Waals surface area contributed by atoms with Gasteiger partial charge < -0.3 is 9.47 Å². The summed E-state index contributed by atoms with van der Waals surface area (Å²) in [6.45, 7) is 2.33. The van der Waals surface area contributed by atoms with Gasteiger partial charge in [-0.3, -0.25) is 0 Å². The van der Waals surface area contributed by atoms with Gasteiger partial charge in [0.25, 0.3) is 0 Å². The Kier molecular flexibility index (Phi) is 4.23. The van der Waals surface area contributed by atoms with E-state index < -0.39 is 5.97 Å². The molecule has 0 aliphatic heterocycles. The molecule has 3 heteroatoms. The summed E-state index contributed by atoms with van der Waals surface area (Å²) in [7, 11) is 1.36. The quantitative estimate of drug-likeness (QED) is 0.393. The molecule has 0 spiro atoms. The van der Waals surface area contributed by atoms with Crippen molar-refractivity contribution in [2.45, 2.75) is 26.2 Å². The number of esters is 1. The Morgan fingerprint density at radius 3 is 2.93 bits per heavy atom. The number of carbonyl (C=O) groups is 1. The van der Waals surface area contributed by atoms with Crippen molar-refractivity contribution in [2.75, 3.05) is 13.7 Å². The second-order valence-electron chi connectivity index (χ2n) is 3.10. The van der Waals surface area contributed by atoms with Crippen molar-refractivity contribution in [2.24, 2.45) is 0 Å². The molecule has 0 N–H and O–H groups in total. The number of hydrogen-bond acceptors (Lipinski definition) is 3. The molecule has 0 saturated carbocycles. The van der Waals surface area contributed by atoms with Crippen LogP contribution in [0.2, 0.25) is 0 Å². The number of allylic oxidation sites excluding steroid dienone is 3. The predicted octanol–water partition coefficient (Wildman–Crippen LogP) is 2.19. The van der Waals surface area contributed by atoms with Gasteiger partial charge in [-0.05, 0) is 37.8 Å². The lowest BCUT2D eigenvalue weighted by Gasteiger charge is -2.06. The molecule has 0 unspecified atom stereocenters. The van der Waals surface area contributed by atoms with Gasteiger partial charge in [0.2, 0.25) is 5.76 Å². The molecular formula is C11H16O3. The molecule has 1 rings (SSSR count). The van der Waals surface area contributed by atoms with Crippen molar-refractivity contribution < 1.29 is 14.3 Å². The SMILES string of the molecule is CCOC(=CC1=CCCC1)C(=O)OC. The van der Waals surface area contributed by atoms with Gasteiger partial charge in [0.05, 0.1) is 13.7 Å². The fourth-order valence-electron chi connectivity index (χ4n) is 1.41. The fourth-order valence-corrected chi connectivity index (χ4v) is 1.41. The summed E-state index contributed by atoms with van der Waals surface area (Å²) < 4.78 is 9.82. The first kappa shape index (κ1) is 10.8. The zero-order valence-electron chi connectivity index (χ0n) is 8.71. The highest BCUT2D eigenvalue weighted by molar-refractivity contribution is 5.86. The second kappa shape index (κ2) is 5.47. The maximum atomic E-state index is 11.2. The van der Waals surface area contributed by atoms with Crippen LogP contribution in [0, 0.1) is 0 Å². The van der Waals surface area contributed by atoms with Gasteiger partial charge in [0, 0.05) is 0 Å². The molecule has 0 heterocycles. The summed E-state index contributed by atoms with van der Waals surface area (Å²) >= 11 is 0. The van der Waals surface area contributed by atoms with Crippen LogP contribution >= 0.6 is 0 Å². The maximum absolute atomic E-state index is 11.2. The number of methoxy groups -OCH3 is 1. The Morgan fingerprint density at radius 1 is 1.64 bits per heavy atom. The van der Waals surface area contributed by atoms with Crippen LogP contribution < -0.4 is 0 Å². The van der Waals surface area contributed by atoms with Crippen LogP contribution in [0.25, 0.3) is 0 Å². The Bertz CT molecular complexity index is 264. The molecule has 3 nitrogen and oxygen atoms in total. The van der Waals surface area contributed by atoms with E-state index in [0.29, 0.717) is 12.4 Å². The first-order chi connectivity index (χ1) is 6.77. The summed E-state index contributed by atoms with van der Waals surface area (Å²) in [4.78, 5) is 11.2. The minimum absolute atomic E-state index is 0.308. The van der Waals surface area contributed by atoms with Crippen LogP contribution in [0.5, 0.6) is 0 Å². The molecule has 0 aromatic carbocycles. The van der Waals surface area contributed by atoms with E-state index in [1.165, 1.54) is 12.7 Å². The van der Waals surface area contributed by atoms with Crippen LogP contribution in [0.4, 0.5) is 0 Å². The second-order valence-corrected chi connectivity index (χ2v) is 3.10. The zero-order chi connectivity index (χ0) is 10.4. The van der Waals surface area contributed by atoms with E-state index in [4.69, 9.17) is 4.74 Å². The van der Waals surface area contributed by atoms with E-state index in [9.17, 15) is 4.79 Å². The Balaban J connectivity index is 2.69. The van der Waals surface area contributed by atoms with Gasteiger partial charge in [0.15, 0.2) is 0 Å². The molecule has 78 valence electrons. The molecule has 0 aromatic heterocycles. The maximum Gasteiger partial charge on any atom is 0.373 e. The van der Waals surface area contributed by atoms with Crippen molar-refractivity contribution in [1.82, 2.24) is 0 Å². The first-order valence-corrected chi connectivity index (χ1v) is 4.89. The van der Waals surface area contributed by atoms with Crippen molar-refractivity contribution in [3.63, 3.8) is 0 Å². The lowest BCUT2D eigenvalue weighted by molar-refractivity contribution is -0.140. The van der Waals surface area contributed by atoms with Crippen molar-refractivity contribution in [1.29, 1.82) is 0 Å². The van der Waals surface area contributed by atoms with Crippen molar-refractivity contribution >= 4 is 5.97 Å². The average Bonchev–Trinajstić information content (AvgIpc) is 2.68. The Morgan fingerprint density at radius 2 is 2.43 bits per heavy atom. The minimum Gasteiger partial charge on any atom is -0.487 e. The monoisotopic (exact) mass is 196 g/mol. The highest BCUT2D eigenvalue weighted by Crippen LogP contribution is 2.20. The lowest BCUT2D eigenvalue weighted by atomic mass is 10.2. The molecular weight excluding hydrogens is 180 g/mol. The molecule has 0 amide bonds. The normalized spacial score (nSPS) is 16.4. The molecule has 1 aliphatic carbocycles. The number of hydrogen-bond donors (Lipinski definition) is 0. The van der Waals surface area contributed by atoms with Gasteiger partial charge >= 0.3 is 5.97 Å². The standard InChI is InChI=1S/C11H16O3/c1-3-14-10(11(12)13-2)8-9-6-4-5-7-9/h6,8H,3-5,7H2,1-2H3. The molecule has 0 fully saturated rings. The topological polar surface area (TPSA) is 35.5 Å². The van der Waals surface area contributed by atoms with Crippen LogP contribution in [0.1, 0.15) is 26.2 Å². The third-order valence-corrected chi connectivity index (χ3v) is 2.08. The van der Waals surface area contributed by atoms with E-state index in [2.05, 4.69) is 10.8 Å². The summed E-state index contributed by atoms with van der Waals surface area (Å²) in [6.07, 6.45) is 7.18. The van der Waals surface area contributed by atoms with Crippen LogP contribution in [0.15, 0.2) is 23.5 Å². The number of carbonyl (C=O) groups excluding carboxylic acids is 1. The van der Waals surface area contributed by atoms with Crippen LogP contribution in [0.3, 0.4) is 0 Å². The van der Waals surface area contributed by atoms with Gasteiger partial charge in [-0.15, -0.1) is 0 Å². The van der Waals surface area contributed by atoms with E-state index >= 15 is 0 Å². The van der Waals surface area contributed by atoms with Crippen molar-refractivity contribution in [3.8, 4) is 0 Å². The largest absolute Gasteiger partial charge is 0.487 e. The first-order valence-electron chi connectivity index (χ1n) is 4.89. The summed E-state index contributed by atoms with van der Waals surface area (Å²) in [5, 5.41) is 0. The van der Waals surface area contributed by atoms with Gasteiger partial charge in [-0.2, -0.15) is 0 Å². The number of ether oxygens (including phenoxy) is 2. The summed E-state index contributed by atoms with van der Waals surface area (Å²) in [5.74, 6) is -0.0946. The average molecular weight is 196 g/mol. The zero-order valence-corrected chi connectivity index (χ0v) is 8.71. The van der Waals surface area contributed by atoms with Crippen LogP contribution in [-0.4, -0.2) is 19.7 Å². The summed E-state index contributed by atoms with van der Waals surface area (Å²) in [6, 6.07) is 0. The minimum atomic E-state index is -0.403. The van der Waals surface area contributed by atoms with E-state index in [1.807, 2.05) is 6.92 Å². The molecule has 1 aliphatic rings. The van der Waals surface area contributed by atoms with Gasteiger partial charge in [-0.25, -0.2) is 4.79 Å². The Hall–Kier alpha value is -1.25. The molecule has 0 radical (unpaired) electrons. The highest BCUT2D eigenvalue weighted by atomic mass is 16.6. The Labute approximate surface area is 84.4 Å². The predicted molar refractivity (Wildman–Crippen MR) is 53.7 cm³/mol. The molecule has 0 aromatic rings. The molecule has 0 saturated heterocycles. The fraction of sp³-hybridized carbons (Fsp3) is 0.545. The molecule has 0 atom stereocenters. The molecule has 14 heavy (non-hydrogen) atoms. The van der Waals surface area contributed by atoms with Gasteiger partial charge in [-0.1, -0.05) is 6.08 Å². The lowest BCUT2D eigenvalue weighted by Crippen LogP contribution is -2.08. The molecule has 0 bridgehead atoms. The van der Waals surface area contributed by atoms with Crippen molar-refractivity contribution in [3.05, 3.63) is 23.5 Å². The van der Waals surface area contributed by atoms with E-state index in [-0.39, 0.29) is 0 Å². The smallest absolute Gasteiger partial charge is 0.373 e. The van der Waals surface area contributed by atoms with Gasteiger partial charge in [0.1, 0.15) is 0 Å². The van der Waals surface area contributed by atoms with E-state index in [0.717, 1.165) is 19.3 Å². The third kappa shape index (κ3) is 2.91. The highest BCUT2D eigenvalue weighted by Gasteiger charge is 2.12. The van der Waals surface area contributed by atoms with Crippen LogP contribution in [-0.2, 0) is 14.3 Å². The van der Waals surface area contributed by atoms with E-state index in [1.54, 1.807) is 6.08 Å².